The summed E-state index contributed by atoms with van der Waals surface area (Å²) in [7, 11) is 0. The van der Waals surface area contributed by atoms with Crippen molar-refractivity contribution in [1.29, 1.82) is 0 Å². The first-order valence-corrected chi connectivity index (χ1v) is 6.16. The maximum Gasteiger partial charge on any atom is 0.331 e. The fourth-order valence-electron chi connectivity index (χ4n) is 2.20. The number of hydrogen-bond donors (Lipinski definition) is 1. The Morgan fingerprint density at radius 3 is 2.80 bits per heavy atom. The highest BCUT2D eigenvalue weighted by Crippen LogP contribution is 2.27. The average Bonchev–Trinajstić information content (AvgIpc) is 2.25. The molecular formula is C13H22O2. The Bertz CT molecular complexity index is 231. The second-order valence-corrected chi connectivity index (χ2v) is 4.52. The Morgan fingerprint density at radius 1 is 1.47 bits per heavy atom. The van der Waals surface area contributed by atoms with Crippen molar-refractivity contribution in [3.8, 4) is 0 Å². The van der Waals surface area contributed by atoms with E-state index in [1.807, 2.05) is 6.08 Å². The fourth-order valence-corrected chi connectivity index (χ4v) is 2.20. The van der Waals surface area contributed by atoms with E-state index >= 15 is 0 Å². The molecule has 1 N–H and O–H groups in total. The number of carboxylic acid groups (broad SMARTS) is 1. The normalized spacial score (nSPS) is 21.1. The van der Waals surface area contributed by atoms with Crippen LogP contribution in [0.2, 0.25) is 0 Å². The summed E-state index contributed by atoms with van der Waals surface area (Å²) >= 11 is 0. The number of rotatable bonds is 6. The topological polar surface area (TPSA) is 37.3 Å². The molecule has 0 aromatic carbocycles. The van der Waals surface area contributed by atoms with Gasteiger partial charge in [0.15, 0.2) is 0 Å². The van der Waals surface area contributed by atoms with E-state index in [1.165, 1.54) is 32.1 Å². The van der Waals surface area contributed by atoms with Crippen LogP contribution in [0.15, 0.2) is 11.6 Å². The maximum absolute atomic E-state index is 10.7. The van der Waals surface area contributed by atoms with Gasteiger partial charge in [-0.05, 0) is 25.2 Å². The van der Waals surface area contributed by atoms with Crippen LogP contribution in [0.25, 0.3) is 0 Å². The molecule has 1 rings (SSSR count). The number of carbonyl (C=O) groups is 1. The number of allylic oxidation sites excluding steroid dienone is 1. The van der Waals surface area contributed by atoms with E-state index in [0.717, 1.165) is 25.2 Å². The van der Waals surface area contributed by atoms with Crippen molar-refractivity contribution >= 4 is 5.97 Å². The molecule has 0 radical (unpaired) electrons. The molecule has 0 aromatic rings. The van der Waals surface area contributed by atoms with Crippen molar-refractivity contribution in [1.82, 2.24) is 0 Å². The van der Waals surface area contributed by atoms with Gasteiger partial charge in [-0.3, -0.25) is 0 Å². The Labute approximate surface area is 92.4 Å². The minimum atomic E-state index is -0.723. The lowest BCUT2D eigenvalue weighted by Crippen LogP contribution is -2.10. The van der Waals surface area contributed by atoms with E-state index in [0.29, 0.717) is 5.57 Å². The Morgan fingerprint density at radius 2 is 2.27 bits per heavy atom. The minimum Gasteiger partial charge on any atom is -0.478 e. The zero-order valence-electron chi connectivity index (χ0n) is 9.67. The van der Waals surface area contributed by atoms with Crippen molar-refractivity contribution in [2.75, 3.05) is 0 Å². The molecule has 0 saturated heterocycles. The molecule has 0 bridgehead atoms. The van der Waals surface area contributed by atoms with E-state index < -0.39 is 5.97 Å². The highest BCUT2D eigenvalue weighted by Gasteiger charge is 2.17. The van der Waals surface area contributed by atoms with Crippen LogP contribution in [-0.4, -0.2) is 11.1 Å². The summed E-state index contributed by atoms with van der Waals surface area (Å²) < 4.78 is 0. The average molecular weight is 210 g/mol. The van der Waals surface area contributed by atoms with Crippen LogP contribution >= 0.6 is 0 Å². The van der Waals surface area contributed by atoms with Gasteiger partial charge in [-0.25, -0.2) is 4.79 Å². The molecule has 0 saturated carbocycles. The second-order valence-electron chi connectivity index (χ2n) is 4.52. The van der Waals surface area contributed by atoms with Crippen molar-refractivity contribution < 1.29 is 9.90 Å². The lowest BCUT2D eigenvalue weighted by molar-refractivity contribution is -0.132. The molecule has 0 aliphatic heterocycles. The molecule has 0 amide bonds. The SMILES string of the molecule is CCCCCCC1CC=C(C(=O)O)CC1. The molecule has 1 atom stereocenters. The Kier molecular flexibility index (Phi) is 5.44. The van der Waals surface area contributed by atoms with E-state index in [9.17, 15) is 4.79 Å². The highest BCUT2D eigenvalue weighted by atomic mass is 16.4. The van der Waals surface area contributed by atoms with Gasteiger partial charge in [0.05, 0.1) is 0 Å². The van der Waals surface area contributed by atoms with Gasteiger partial charge in [0.25, 0.3) is 0 Å². The van der Waals surface area contributed by atoms with Crippen LogP contribution in [0, 0.1) is 5.92 Å². The van der Waals surface area contributed by atoms with Crippen molar-refractivity contribution in [2.24, 2.45) is 5.92 Å². The quantitative estimate of drug-likeness (QED) is 0.678. The van der Waals surface area contributed by atoms with Crippen molar-refractivity contribution in [2.45, 2.75) is 58.3 Å². The van der Waals surface area contributed by atoms with Gasteiger partial charge in [-0.15, -0.1) is 0 Å². The van der Waals surface area contributed by atoms with E-state index in [4.69, 9.17) is 5.11 Å². The first-order chi connectivity index (χ1) is 7.24. The molecule has 86 valence electrons. The summed E-state index contributed by atoms with van der Waals surface area (Å²) in [6.45, 7) is 2.22. The first kappa shape index (κ1) is 12.3. The maximum atomic E-state index is 10.7. The highest BCUT2D eigenvalue weighted by molar-refractivity contribution is 5.86. The number of aliphatic carboxylic acids is 1. The molecule has 2 nitrogen and oxygen atoms in total. The summed E-state index contributed by atoms with van der Waals surface area (Å²) in [4.78, 5) is 10.7. The molecule has 1 aliphatic carbocycles. The molecule has 1 unspecified atom stereocenters. The zero-order chi connectivity index (χ0) is 11.1. The number of hydrogen-bond acceptors (Lipinski definition) is 1. The smallest absolute Gasteiger partial charge is 0.331 e. The molecule has 0 aromatic heterocycles. The first-order valence-electron chi connectivity index (χ1n) is 6.16. The minimum absolute atomic E-state index is 0.625. The van der Waals surface area contributed by atoms with Crippen LogP contribution in [0.3, 0.4) is 0 Å². The Hall–Kier alpha value is -0.790. The second kappa shape index (κ2) is 6.65. The van der Waals surface area contributed by atoms with Crippen LogP contribution in [0.5, 0.6) is 0 Å². The molecule has 0 fully saturated rings. The fraction of sp³-hybridized carbons (Fsp3) is 0.769. The molecule has 15 heavy (non-hydrogen) atoms. The molecule has 1 aliphatic rings. The van der Waals surface area contributed by atoms with Crippen LogP contribution in [0.4, 0.5) is 0 Å². The third-order valence-corrected chi connectivity index (χ3v) is 3.26. The van der Waals surface area contributed by atoms with Crippen molar-refractivity contribution in [3.05, 3.63) is 11.6 Å². The van der Waals surface area contributed by atoms with Crippen LogP contribution < -0.4 is 0 Å². The monoisotopic (exact) mass is 210 g/mol. The van der Waals surface area contributed by atoms with Gasteiger partial charge in [-0.2, -0.15) is 0 Å². The van der Waals surface area contributed by atoms with Crippen molar-refractivity contribution in [3.63, 3.8) is 0 Å². The lowest BCUT2D eigenvalue weighted by Gasteiger charge is -2.19. The molecular weight excluding hydrogens is 188 g/mol. The Balaban J connectivity index is 2.17. The van der Waals surface area contributed by atoms with E-state index in [1.54, 1.807) is 0 Å². The predicted molar refractivity (Wildman–Crippen MR) is 61.8 cm³/mol. The summed E-state index contributed by atoms with van der Waals surface area (Å²) in [5.41, 5.74) is 0.625. The number of carboxylic acids is 1. The van der Waals surface area contributed by atoms with E-state index in [-0.39, 0.29) is 0 Å². The van der Waals surface area contributed by atoms with E-state index in [2.05, 4.69) is 6.92 Å². The lowest BCUT2D eigenvalue weighted by atomic mass is 9.86. The van der Waals surface area contributed by atoms with Gasteiger partial charge in [0.1, 0.15) is 0 Å². The predicted octanol–water partition coefficient (Wildman–Crippen LogP) is 3.77. The summed E-state index contributed by atoms with van der Waals surface area (Å²) in [5.74, 6) is 0.0180. The standard InChI is InChI=1S/C13H22O2/c1-2-3-4-5-6-11-7-9-12(10-8-11)13(14)15/h9,11H,2-8,10H2,1H3,(H,14,15). The number of unbranched alkanes of at least 4 members (excludes halogenated alkanes) is 3. The largest absolute Gasteiger partial charge is 0.478 e. The summed E-state index contributed by atoms with van der Waals surface area (Å²) in [6, 6.07) is 0. The summed E-state index contributed by atoms with van der Waals surface area (Å²) in [5, 5.41) is 8.80. The van der Waals surface area contributed by atoms with Gasteiger partial charge >= 0.3 is 5.97 Å². The van der Waals surface area contributed by atoms with Crippen LogP contribution in [-0.2, 0) is 4.79 Å². The van der Waals surface area contributed by atoms with Gasteiger partial charge < -0.3 is 5.11 Å². The van der Waals surface area contributed by atoms with Gasteiger partial charge in [0, 0.05) is 5.57 Å². The molecule has 0 heterocycles. The third kappa shape index (κ3) is 4.50. The van der Waals surface area contributed by atoms with Gasteiger partial charge in [0.2, 0.25) is 0 Å². The summed E-state index contributed by atoms with van der Waals surface area (Å²) in [6.07, 6.45) is 11.3. The molecule has 2 heteroatoms. The molecule has 0 spiro atoms. The van der Waals surface area contributed by atoms with Crippen LogP contribution in [0.1, 0.15) is 58.3 Å². The van der Waals surface area contributed by atoms with Gasteiger partial charge in [-0.1, -0.05) is 45.1 Å². The zero-order valence-corrected chi connectivity index (χ0v) is 9.67. The third-order valence-electron chi connectivity index (χ3n) is 3.26.